The zero-order valence-corrected chi connectivity index (χ0v) is 9.40. The van der Waals surface area contributed by atoms with E-state index >= 15 is 0 Å². The number of fused-ring (bicyclic) bond motifs is 1. The molecule has 16 heavy (non-hydrogen) atoms. The van der Waals surface area contributed by atoms with E-state index in [-0.39, 0.29) is 0 Å². The first-order valence-electron chi connectivity index (χ1n) is 5.57. The van der Waals surface area contributed by atoms with Gasteiger partial charge in [-0.2, -0.15) is 0 Å². The lowest BCUT2D eigenvalue weighted by Crippen LogP contribution is -2.15. The fourth-order valence-corrected chi connectivity index (χ4v) is 2.40. The molecular formula is C13H16O3. The smallest absolute Gasteiger partial charge is 0.335 e. The van der Waals surface area contributed by atoms with E-state index < -0.39 is 5.97 Å². The highest BCUT2D eigenvalue weighted by atomic mass is 16.5. The highest BCUT2D eigenvalue weighted by Gasteiger charge is 2.21. The van der Waals surface area contributed by atoms with Crippen LogP contribution in [0.2, 0.25) is 0 Å². The van der Waals surface area contributed by atoms with Gasteiger partial charge in [-0.1, -0.05) is 6.07 Å². The van der Waals surface area contributed by atoms with Crippen molar-refractivity contribution in [2.45, 2.75) is 25.2 Å². The van der Waals surface area contributed by atoms with Crippen LogP contribution in [0.4, 0.5) is 0 Å². The molecule has 0 bridgehead atoms. The van der Waals surface area contributed by atoms with Gasteiger partial charge >= 0.3 is 5.97 Å². The Morgan fingerprint density at radius 1 is 1.56 bits per heavy atom. The predicted molar refractivity (Wildman–Crippen MR) is 61.0 cm³/mol. The third kappa shape index (κ3) is 2.09. The number of hydrogen-bond donors (Lipinski definition) is 1. The van der Waals surface area contributed by atoms with E-state index in [1.807, 2.05) is 6.07 Å². The van der Waals surface area contributed by atoms with Crippen LogP contribution >= 0.6 is 0 Å². The summed E-state index contributed by atoms with van der Waals surface area (Å²) in [6.07, 6.45) is 3.30. The Hall–Kier alpha value is -1.35. The molecule has 0 saturated carbocycles. The summed E-state index contributed by atoms with van der Waals surface area (Å²) >= 11 is 0. The van der Waals surface area contributed by atoms with Gasteiger partial charge in [-0.05, 0) is 42.5 Å². The van der Waals surface area contributed by atoms with Crippen LogP contribution < -0.4 is 0 Å². The minimum Gasteiger partial charge on any atom is -0.478 e. The fourth-order valence-electron chi connectivity index (χ4n) is 2.40. The lowest BCUT2D eigenvalue weighted by Gasteiger charge is -2.25. The topological polar surface area (TPSA) is 46.5 Å². The number of hydrogen-bond acceptors (Lipinski definition) is 2. The summed E-state index contributed by atoms with van der Waals surface area (Å²) < 4.78 is 5.19. The summed E-state index contributed by atoms with van der Waals surface area (Å²) in [5.41, 5.74) is 2.81. The molecule has 86 valence electrons. The Morgan fingerprint density at radius 2 is 2.38 bits per heavy atom. The van der Waals surface area contributed by atoms with Crippen molar-refractivity contribution in [2.24, 2.45) is 0 Å². The number of benzene rings is 1. The van der Waals surface area contributed by atoms with Gasteiger partial charge < -0.3 is 9.84 Å². The maximum atomic E-state index is 10.9. The quantitative estimate of drug-likeness (QED) is 0.851. The summed E-state index contributed by atoms with van der Waals surface area (Å²) in [5.74, 6) is -0.502. The van der Waals surface area contributed by atoms with Gasteiger partial charge in [-0.3, -0.25) is 0 Å². The lowest BCUT2D eigenvalue weighted by atomic mass is 9.82. The van der Waals surface area contributed by atoms with E-state index in [4.69, 9.17) is 9.84 Å². The number of aromatic carboxylic acids is 1. The van der Waals surface area contributed by atoms with E-state index in [0.29, 0.717) is 18.1 Å². The first-order valence-corrected chi connectivity index (χ1v) is 5.57. The average Bonchev–Trinajstić information content (AvgIpc) is 2.29. The molecule has 0 radical (unpaired) electrons. The second-order valence-electron chi connectivity index (χ2n) is 4.26. The SMILES string of the molecule is COCC1CCCc2ccc(C(=O)O)cc21. The van der Waals surface area contributed by atoms with Gasteiger partial charge in [-0.15, -0.1) is 0 Å². The van der Waals surface area contributed by atoms with Gasteiger partial charge in [0.05, 0.1) is 12.2 Å². The van der Waals surface area contributed by atoms with E-state index in [2.05, 4.69) is 0 Å². The Kier molecular flexibility index (Phi) is 3.25. The molecule has 0 spiro atoms. The normalized spacial score (nSPS) is 19.2. The van der Waals surface area contributed by atoms with E-state index in [1.54, 1.807) is 19.2 Å². The molecule has 1 N–H and O–H groups in total. The summed E-state index contributed by atoms with van der Waals surface area (Å²) in [4.78, 5) is 10.9. The molecule has 0 amide bonds. The number of aryl methyl sites for hydroxylation is 1. The van der Waals surface area contributed by atoms with Crippen molar-refractivity contribution in [3.63, 3.8) is 0 Å². The number of carboxylic acid groups (broad SMARTS) is 1. The number of rotatable bonds is 3. The molecule has 0 aromatic heterocycles. The largest absolute Gasteiger partial charge is 0.478 e. The highest BCUT2D eigenvalue weighted by Crippen LogP contribution is 2.32. The van der Waals surface area contributed by atoms with Gasteiger partial charge in [0.15, 0.2) is 0 Å². The molecule has 0 saturated heterocycles. The van der Waals surface area contributed by atoms with Crippen LogP contribution in [0.1, 0.15) is 40.2 Å². The molecule has 1 aliphatic carbocycles. The Bertz CT molecular complexity index is 398. The number of carbonyl (C=O) groups is 1. The van der Waals surface area contributed by atoms with Crippen molar-refractivity contribution >= 4 is 5.97 Å². The van der Waals surface area contributed by atoms with Crippen LogP contribution in [-0.4, -0.2) is 24.8 Å². The molecular weight excluding hydrogens is 204 g/mol. The third-order valence-electron chi connectivity index (χ3n) is 3.20. The summed E-state index contributed by atoms with van der Waals surface area (Å²) in [6.45, 7) is 0.677. The molecule has 3 nitrogen and oxygen atoms in total. The van der Waals surface area contributed by atoms with Crippen LogP contribution in [-0.2, 0) is 11.2 Å². The van der Waals surface area contributed by atoms with Crippen LogP contribution in [0.25, 0.3) is 0 Å². The molecule has 0 fully saturated rings. The third-order valence-corrected chi connectivity index (χ3v) is 3.20. The van der Waals surface area contributed by atoms with E-state index in [1.165, 1.54) is 5.56 Å². The molecule has 1 unspecified atom stereocenters. The molecule has 0 heterocycles. The zero-order valence-electron chi connectivity index (χ0n) is 9.40. The summed E-state index contributed by atoms with van der Waals surface area (Å²) in [7, 11) is 1.69. The molecule has 1 aliphatic rings. The lowest BCUT2D eigenvalue weighted by molar-refractivity contribution is 0.0696. The molecule has 0 aliphatic heterocycles. The van der Waals surface area contributed by atoms with Crippen LogP contribution in [0.15, 0.2) is 18.2 Å². The van der Waals surface area contributed by atoms with Gasteiger partial charge in [-0.25, -0.2) is 4.79 Å². The first-order chi connectivity index (χ1) is 7.72. The molecule has 3 heteroatoms. The van der Waals surface area contributed by atoms with Crippen LogP contribution in [0.5, 0.6) is 0 Å². The van der Waals surface area contributed by atoms with Crippen LogP contribution in [0, 0.1) is 0 Å². The Labute approximate surface area is 95.0 Å². The maximum Gasteiger partial charge on any atom is 0.335 e. The Morgan fingerprint density at radius 3 is 3.06 bits per heavy atom. The fraction of sp³-hybridized carbons (Fsp3) is 0.462. The molecule has 1 aromatic carbocycles. The van der Waals surface area contributed by atoms with Crippen molar-refractivity contribution in [3.05, 3.63) is 34.9 Å². The van der Waals surface area contributed by atoms with Gasteiger partial charge in [0, 0.05) is 13.0 Å². The second-order valence-corrected chi connectivity index (χ2v) is 4.26. The van der Waals surface area contributed by atoms with Crippen molar-refractivity contribution in [2.75, 3.05) is 13.7 Å². The highest BCUT2D eigenvalue weighted by molar-refractivity contribution is 5.88. The first kappa shape index (κ1) is 11.1. The zero-order chi connectivity index (χ0) is 11.5. The maximum absolute atomic E-state index is 10.9. The van der Waals surface area contributed by atoms with Gasteiger partial charge in [0.25, 0.3) is 0 Å². The van der Waals surface area contributed by atoms with E-state index in [9.17, 15) is 4.79 Å². The minimum atomic E-state index is -0.857. The van der Waals surface area contributed by atoms with Crippen molar-refractivity contribution in [1.29, 1.82) is 0 Å². The summed E-state index contributed by atoms with van der Waals surface area (Å²) in [5, 5.41) is 8.97. The van der Waals surface area contributed by atoms with E-state index in [0.717, 1.165) is 24.8 Å². The predicted octanol–water partition coefficient (Wildman–Crippen LogP) is 2.45. The van der Waals surface area contributed by atoms with Gasteiger partial charge in [0.1, 0.15) is 0 Å². The van der Waals surface area contributed by atoms with Crippen molar-refractivity contribution in [3.8, 4) is 0 Å². The average molecular weight is 220 g/mol. The monoisotopic (exact) mass is 220 g/mol. The van der Waals surface area contributed by atoms with Crippen molar-refractivity contribution < 1.29 is 14.6 Å². The number of carboxylic acids is 1. The number of ether oxygens (including phenoxy) is 1. The van der Waals surface area contributed by atoms with Gasteiger partial charge in [0.2, 0.25) is 0 Å². The summed E-state index contributed by atoms with van der Waals surface area (Å²) in [6, 6.07) is 5.44. The number of methoxy groups -OCH3 is 1. The molecule has 1 atom stereocenters. The second kappa shape index (κ2) is 4.66. The minimum absolute atomic E-state index is 0.355. The Balaban J connectivity index is 2.36. The van der Waals surface area contributed by atoms with Crippen LogP contribution in [0.3, 0.4) is 0 Å². The molecule has 1 aromatic rings. The van der Waals surface area contributed by atoms with Crippen molar-refractivity contribution in [1.82, 2.24) is 0 Å². The standard InChI is InChI=1S/C13H16O3/c1-16-8-11-4-2-3-9-5-6-10(13(14)15)7-12(9)11/h5-7,11H,2-4,8H2,1H3,(H,14,15). The molecule has 2 rings (SSSR count).